The molecule has 0 aliphatic rings. The van der Waals surface area contributed by atoms with Crippen LogP contribution in [-0.4, -0.2) is 20.0 Å². The van der Waals surface area contributed by atoms with Gasteiger partial charge in [-0.15, -0.1) is 0 Å². The van der Waals surface area contributed by atoms with E-state index in [1.165, 1.54) is 7.11 Å². The summed E-state index contributed by atoms with van der Waals surface area (Å²) >= 11 is 0. The maximum Gasteiger partial charge on any atom is 0.197 e. The minimum Gasteiger partial charge on any atom is -0.497 e. The quantitative estimate of drug-likeness (QED) is 0.772. The van der Waals surface area contributed by atoms with Crippen LogP contribution in [0.4, 0.5) is 0 Å². The van der Waals surface area contributed by atoms with E-state index in [-0.39, 0.29) is 5.78 Å². The van der Waals surface area contributed by atoms with Crippen molar-refractivity contribution in [1.29, 1.82) is 0 Å². The lowest BCUT2D eigenvalue weighted by atomic mass is 10.0. The van der Waals surface area contributed by atoms with E-state index in [0.717, 1.165) is 5.75 Å². The van der Waals surface area contributed by atoms with Crippen LogP contribution in [0.2, 0.25) is 0 Å². The Labute approximate surface area is 106 Å². The van der Waals surface area contributed by atoms with Gasteiger partial charge < -0.3 is 9.47 Å². The third-order valence-electron chi connectivity index (χ3n) is 2.62. The topological polar surface area (TPSA) is 35.5 Å². The standard InChI is InChI=1S/C15H13O3/c1-17-12-9-7-11(8-10-12)15(16)13-5-3-4-6-14(13)18-2/h3-4,6-10H,1-2H3. The van der Waals surface area contributed by atoms with Crippen LogP contribution < -0.4 is 9.47 Å². The van der Waals surface area contributed by atoms with Crippen LogP contribution in [0.1, 0.15) is 15.9 Å². The number of methoxy groups -OCH3 is 2. The van der Waals surface area contributed by atoms with Crippen molar-refractivity contribution < 1.29 is 14.3 Å². The minimum absolute atomic E-state index is 0.116. The third kappa shape index (κ3) is 2.35. The van der Waals surface area contributed by atoms with Gasteiger partial charge in [-0.3, -0.25) is 4.79 Å². The zero-order valence-electron chi connectivity index (χ0n) is 10.3. The molecule has 0 saturated heterocycles. The molecule has 0 aliphatic heterocycles. The second kappa shape index (κ2) is 5.36. The molecule has 0 aliphatic carbocycles. The SMILES string of the molecule is COc1ccc(C(=O)c2[c]cccc2OC)cc1. The maximum absolute atomic E-state index is 12.3. The van der Waals surface area contributed by atoms with E-state index in [9.17, 15) is 4.79 Å². The summed E-state index contributed by atoms with van der Waals surface area (Å²) in [6, 6.07) is 15.1. The molecule has 0 N–H and O–H groups in total. The van der Waals surface area contributed by atoms with Gasteiger partial charge in [0.05, 0.1) is 19.8 Å². The van der Waals surface area contributed by atoms with Crippen molar-refractivity contribution in [1.82, 2.24) is 0 Å². The third-order valence-corrected chi connectivity index (χ3v) is 2.62. The Morgan fingerprint density at radius 1 is 1.06 bits per heavy atom. The lowest BCUT2D eigenvalue weighted by Gasteiger charge is -2.07. The van der Waals surface area contributed by atoms with Crippen molar-refractivity contribution in [3.05, 3.63) is 59.7 Å². The molecule has 0 saturated carbocycles. The van der Waals surface area contributed by atoms with Gasteiger partial charge in [0.2, 0.25) is 0 Å². The average molecular weight is 241 g/mol. The Morgan fingerprint density at radius 2 is 1.78 bits per heavy atom. The molecular weight excluding hydrogens is 228 g/mol. The van der Waals surface area contributed by atoms with E-state index < -0.39 is 0 Å². The number of benzene rings is 2. The van der Waals surface area contributed by atoms with E-state index >= 15 is 0 Å². The van der Waals surface area contributed by atoms with Crippen LogP contribution >= 0.6 is 0 Å². The smallest absolute Gasteiger partial charge is 0.197 e. The molecule has 0 fully saturated rings. The number of ether oxygens (including phenoxy) is 2. The zero-order chi connectivity index (χ0) is 13.0. The van der Waals surface area contributed by atoms with Crippen LogP contribution in [0.3, 0.4) is 0 Å². The molecule has 0 heterocycles. The Kier molecular flexibility index (Phi) is 3.63. The molecule has 2 rings (SSSR count). The molecule has 1 radical (unpaired) electrons. The predicted octanol–water partition coefficient (Wildman–Crippen LogP) is 2.73. The molecule has 3 nitrogen and oxygen atoms in total. The first kappa shape index (κ1) is 12.2. The predicted molar refractivity (Wildman–Crippen MR) is 68.3 cm³/mol. The van der Waals surface area contributed by atoms with E-state index in [4.69, 9.17) is 9.47 Å². The highest BCUT2D eigenvalue weighted by Crippen LogP contribution is 2.21. The highest BCUT2D eigenvalue weighted by Gasteiger charge is 2.13. The average Bonchev–Trinajstić information content (AvgIpc) is 2.46. The van der Waals surface area contributed by atoms with Gasteiger partial charge in [-0.2, -0.15) is 0 Å². The first-order chi connectivity index (χ1) is 8.76. The summed E-state index contributed by atoms with van der Waals surface area (Å²) in [5.41, 5.74) is 1.02. The molecule has 0 unspecified atom stereocenters. The van der Waals surface area contributed by atoms with Crippen molar-refractivity contribution in [2.24, 2.45) is 0 Å². The Bertz CT molecular complexity index is 544. The summed E-state index contributed by atoms with van der Waals surface area (Å²) in [7, 11) is 3.12. The van der Waals surface area contributed by atoms with E-state index in [0.29, 0.717) is 16.9 Å². The van der Waals surface area contributed by atoms with Gasteiger partial charge in [0.15, 0.2) is 5.78 Å². The van der Waals surface area contributed by atoms with Gasteiger partial charge in [0.25, 0.3) is 0 Å². The second-order valence-electron chi connectivity index (χ2n) is 3.67. The molecule has 0 spiro atoms. The van der Waals surface area contributed by atoms with Gasteiger partial charge in [-0.25, -0.2) is 0 Å². The van der Waals surface area contributed by atoms with Gasteiger partial charge in [0, 0.05) is 5.56 Å². The van der Waals surface area contributed by atoms with Gasteiger partial charge in [-0.1, -0.05) is 12.1 Å². The van der Waals surface area contributed by atoms with Gasteiger partial charge in [0.1, 0.15) is 11.5 Å². The summed E-state index contributed by atoms with van der Waals surface area (Å²) < 4.78 is 10.2. The molecule has 2 aromatic carbocycles. The molecule has 0 atom stereocenters. The molecule has 0 bridgehead atoms. The van der Waals surface area contributed by atoms with Crippen molar-refractivity contribution in [3.63, 3.8) is 0 Å². The van der Waals surface area contributed by atoms with Crippen molar-refractivity contribution in [3.8, 4) is 11.5 Å². The van der Waals surface area contributed by atoms with Crippen LogP contribution in [-0.2, 0) is 0 Å². The van der Waals surface area contributed by atoms with E-state index in [1.807, 2.05) is 0 Å². The zero-order valence-corrected chi connectivity index (χ0v) is 10.3. The monoisotopic (exact) mass is 241 g/mol. The lowest BCUT2D eigenvalue weighted by molar-refractivity contribution is 0.103. The molecular formula is C15H13O3. The maximum atomic E-state index is 12.3. The van der Waals surface area contributed by atoms with Gasteiger partial charge in [-0.05, 0) is 36.4 Å². The van der Waals surface area contributed by atoms with Crippen molar-refractivity contribution in [2.45, 2.75) is 0 Å². The number of carbonyl (C=O) groups excluding carboxylic acids is 1. The summed E-state index contributed by atoms with van der Waals surface area (Å²) in [5, 5.41) is 0. The molecule has 18 heavy (non-hydrogen) atoms. The number of hydrogen-bond donors (Lipinski definition) is 0. The largest absolute Gasteiger partial charge is 0.497 e. The normalized spacial score (nSPS) is 9.89. The lowest BCUT2D eigenvalue weighted by Crippen LogP contribution is -2.04. The molecule has 91 valence electrons. The first-order valence-corrected chi connectivity index (χ1v) is 5.49. The molecule has 2 aromatic rings. The second-order valence-corrected chi connectivity index (χ2v) is 3.67. The first-order valence-electron chi connectivity index (χ1n) is 5.49. The van der Waals surface area contributed by atoms with Gasteiger partial charge >= 0.3 is 0 Å². The summed E-state index contributed by atoms with van der Waals surface area (Å²) in [6.45, 7) is 0. The fourth-order valence-corrected chi connectivity index (χ4v) is 1.66. The van der Waals surface area contributed by atoms with Crippen molar-refractivity contribution in [2.75, 3.05) is 14.2 Å². The highest BCUT2D eigenvalue weighted by atomic mass is 16.5. The Hall–Kier alpha value is -2.29. The number of hydrogen-bond acceptors (Lipinski definition) is 3. The molecule has 0 amide bonds. The fourth-order valence-electron chi connectivity index (χ4n) is 1.66. The fraction of sp³-hybridized carbons (Fsp3) is 0.133. The van der Waals surface area contributed by atoms with Crippen LogP contribution in [0, 0.1) is 6.07 Å². The van der Waals surface area contributed by atoms with Crippen LogP contribution in [0.15, 0.2) is 42.5 Å². The Morgan fingerprint density at radius 3 is 2.39 bits per heavy atom. The molecule has 3 heteroatoms. The molecule has 0 aromatic heterocycles. The summed E-state index contributed by atoms with van der Waals surface area (Å²) in [6.07, 6.45) is 0. The number of rotatable bonds is 4. The van der Waals surface area contributed by atoms with Crippen LogP contribution in [0.5, 0.6) is 11.5 Å². The highest BCUT2D eigenvalue weighted by molar-refractivity contribution is 6.10. The van der Waals surface area contributed by atoms with Crippen LogP contribution in [0.25, 0.3) is 0 Å². The van der Waals surface area contributed by atoms with E-state index in [1.54, 1.807) is 49.6 Å². The minimum atomic E-state index is -0.116. The number of ketones is 1. The van der Waals surface area contributed by atoms with Crippen molar-refractivity contribution >= 4 is 5.78 Å². The summed E-state index contributed by atoms with van der Waals surface area (Å²) in [5.74, 6) is 1.13. The van der Waals surface area contributed by atoms with E-state index in [2.05, 4.69) is 6.07 Å². The number of carbonyl (C=O) groups is 1. The Balaban J connectivity index is 2.35. The summed E-state index contributed by atoms with van der Waals surface area (Å²) in [4.78, 5) is 12.3.